The molecule has 0 heterocycles. The third-order valence-corrected chi connectivity index (χ3v) is 3.05. The van der Waals surface area contributed by atoms with E-state index in [1.54, 1.807) is 0 Å². The molecule has 0 spiro atoms. The Morgan fingerprint density at radius 2 is 1.17 bits per heavy atom. The lowest BCUT2D eigenvalue weighted by molar-refractivity contribution is 0.0588. The monoisotopic (exact) mass is 330 g/mol. The number of carbonyl (C=O) groups excluding carboxylic acids is 2. The molecule has 8 heteroatoms. The van der Waals surface area contributed by atoms with Crippen LogP contribution in [0.1, 0.15) is 20.7 Å². The summed E-state index contributed by atoms with van der Waals surface area (Å²) in [4.78, 5) is 22.7. The number of carbonyl (C=O) groups is 2. The zero-order chi connectivity index (χ0) is 17.7. The van der Waals surface area contributed by atoms with E-state index in [1.165, 1.54) is 50.6 Å². The van der Waals surface area contributed by atoms with Gasteiger partial charge in [-0.25, -0.2) is 9.59 Å². The van der Waals surface area contributed by atoms with Crippen molar-refractivity contribution >= 4 is 23.3 Å². The van der Waals surface area contributed by atoms with Crippen LogP contribution in [-0.2, 0) is 9.47 Å². The maximum absolute atomic E-state index is 11.4. The van der Waals surface area contributed by atoms with Crippen LogP contribution in [0.3, 0.4) is 0 Å². The predicted molar refractivity (Wildman–Crippen MR) is 83.1 cm³/mol. The highest BCUT2D eigenvalue weighted by atomic mass is 16.5. The molecule has 0 saturated carbocycles. The molecular formula is C16H14N2O6. The average molecular weight is 330 g/mol. The molecule has 2 aromatic carbocycles. The van der Waals surface area contributed by atoms with Crippen molar-refractivity contribution in [1.82, 2.24) is 0 Å². The molecule has 0 aliphatic heterocycles. The molecule has 0 bridgehead atoms. The van der Waals surface area contributed by atoms with Gasteiger partial charge in [0, 0.05) is 12.1 Å². The molecule has 0 saturated heterocycles. The van der Waals surface area contributed by atoms with Gasteiger partial charge in [-0.15, -0.1) is 0 Å². The van der Waals surface area contributed by atoms with E-state index in [4.69, 9.17) is 0 Å². The third kappa shape index (κ3) is 3.67. The number of rotatable bonds is 4. The van der Waals surface area contributed by atoms with Gasteiger partial charge >= 0.3 is 11.9 Å². The Hall–Kier alpha value is -3.42. The van der Waals surface area contributed by atoms with Crippen LogP contribution in [0.2, 0.25) is 0 Å². The summed E-state index contributed by atoms with van der Waals surface area (Å²) in [5.41, 5.74) is 0.599. The predicted octanol–water partition coefficient (Wildman–Crippen LogP) is 3.09. The summed E-state index contributed by atoms with van der Waals surface area (Å²) >= 11 is 0. The number of hydrogen-bond donors (Lipinski definition) is 2. The van der Waals surface area contributed by atoms with E-state index in [1.807, 2.05) is 0 Å². The normalized spacial score (nSPS) is 10.6. The first kappa shape index (κ1) is 16.9. The first-order valence-electron chi connectivity index (χ1n) is 6.70. The molecule has 0 aliphatic carbocycles. The number of esters is 2. The molecule has 8 nitrogen and oxygen atoms in total. The molecule has 2 aromatic rings. The largest absolute Gasteiger partial charge is 0.507 e. The third-order valence-electron chi connectivity index (χ3n) is 3.05. The van der Waals surface area contributed by atoms with Gasteiger partial charge in [0.1, 0.15) is 22.6 Å². The number of phenolic OH excluding ortho intramolecular Hbond substituents is 2. The van der Waals surface area contributed by atoms with Crippen molar-refractivity contribution < 1.29 is 29.3 Å². The summed E-state index contributed by atoms with van der Waals surface area (Å²) in [5.74, 6) is -1.91. The van der Waals surface area contributed by atoms with Gasteiger partial charge in [-0.3, -0.25) is 0 Å². The second-order valence-corrected chi connectivity index (χ2v) is 4.59. The highest BCUT2D eigenvalue weighted by Gasteiger charge is 2.12. The number of hydrogen-bond acceptors (Lipinski definition) is 8. The van der Waals surface area contributed by atoms with E-state index < -0.39 is 11.9 Å². The number of azo groups is 1. The quantitative estimate of drug-likeness (QED) is 0.657. The van der Waals surface area contributed by atoms with Crippen molar-refractivity contribution in [2.45, 2.75) is 0 Å². The summed E-state index contributed by atoms with van der Waals surface area (Å²) in [6, 6.07) is 8.15. The van der Waals surface area contributed by atoms with Gasteiger partial charge < -0.3 is 19.7 Å². The van der Waals surface area contributed by atoms with E-state index in [2.05, 4.69) is 19.7 Å². The number of ether oxygens (including phenoxy) is 2. The number of aromatic hydroxyl groups is 2. The van der Waals surface area contributed by atoms with E-state index in [0.29, 0.717) is 0 Å². The molecule has 2 N–H and O–H groups in total. The number of benzene rings is 2. The standard InChI is InChI=1S/C16H14N2O6/c1-23-15(21)11-5-3-9(7-13(11)19)17-18-10-4-6-12(14(20)8-10)16(22)24-2/h3-8,19-20H,1-2H3/b18-17-. The first-order chi connectivity index (χ1) is 11.5. The van der Waals surface area contributed by atoms with E-state index in [0.717, 1.165) is 0 Å². The summed E-state index contributed by atoms with van der Waals surface area (Å²) in [6.07, 6.45) is 0. The number of methoxy groups -OCH3 is 2. The van der Waals surface area contributed by atoms with Gasteiger partial charge in [0.2, 0.25) is 0 Å². The lowest BCUT2D eigenvalue weighted by atomic mass is 10.2. The van der Waals surface area contributed by atoms with Crippen LogP contribution < -0.4 is 0 Å². The molecule has 124 valence electrons. The average Bonchev–Trinajstić information content (AvgIpc) is 2.58. The van der Waals surface area contributed by atoms with Gasteiger partial charge in [0.05, 0.1) is 25.6 Å². The molecule has 0 amide bonds. The zero-order valence-corrected chi connectivity index (χ0v) is 12.9. The Bertz CT molecular complexity index is 749. The Morgan fingerprint density at radius 1 is 0.792 bits per heavy atom. The van der Waals surface area contributed by atoms with Crippen molar-refractivity contribution in [2.75, 3.05) is 14.2 Å². The van der Waals surface area contributed by atoms with Crippen LogP contribution >= 0.6 is 0 Å². The van der Waals surface area contributed by atoms with Crippen molar-refractivity contribution in [2.24, 2.45) is 10.2 Å². The Balaban J connectivity index is 2.22. The lowest BCUT2D eigenvalue weighted by Crippen LogP contribution is -2.00. The minimum Gasteiger partial charge on any atom is -0.507 e. The SMILES string of the molecule is COC(=O)c1ccc(/N=N\c2ccc(C(=O)OC)c(O)c2)cc1O. The topological polar surface area (TPSA) is 118 Å². The van der Waals surface area contributed by atoms with Gasteiger partial charge in [0.15, 0.2) is 0 Å². The molecule has 0 aromatic heterocycles. The van der Waals surface area contributed by atoms with Crippen LogP contribution in [0.5, 0.6) is 11.5 Å². The smallest absolute Gasteiger partial charge is 0.341 e. The molecular weight excluding hydrogens is 316 g/mol. The summed E-state index contributed by atoms with van der Waals surface area (Å²) < 4.78 is 9.04. The van der Waals surface area contributed by atoms with Crippen LogP contribution in [0.4, 0.5) is 11.4 Å². The maximum atomic E-state index is 11.4. The zero-order valence-electron chi connectivity index (χ0n) is 12.9. The van der Waals surface area contributed by atoms with Crippen molar-refractivity contribution in [3.8, 4) is 11.5 Å². The van der Waals surface area contributed by atoms with Gasteiger partial charge in [0.25, 0.3) is 0 Å². The summed E-state index contributed by atoms with van der Waals surface area (Å²) in [6.45, 7) is 0. The van der Waals surface area contributed by atoms with Crippen molar-refractivity contribution in [1.29, 1.82) is 0 Å². The highest BCUT2D eigenvalue weighted by Crippen LogP contribution is 2.28. The molecule has 2 rings (SSSR count). The summed E-state index contributed by atoms with van der Waals surface area (Å²) in [7, 11) is 2.42. The van der Waals surface area contributed by atoms with Crippen LogP contribution in [0.25, 0.3) is 0 Å². The molecule has 0 atom stereocenters. The van der Waals surface area contributed by atoms with Crippen LogP contribution in [0.15, 0.2) is 46.6 Å². The van der Waals surface area contributed by atoms with Crippen LogP contribution in [-0.4, -0.2) is 36.4 Å². The minimum absolute atomic E-state index is 0.0107. The van der Waals surface area contributed by atoms with Crippen molar-refractivity contribution in [3.63, 3.8) is 0 Å². The van der Waals surface area contributed by atoms with E-state index >= 15 is 0 Å². The van der Waals surface area contributed by atoms with Gasteiger partial charge in [-0.05, 0) is 24.3 Å². The second kappa shape index (κ2) is 7.23. The molecule has 0 fully saturated rings. The van der Waals surface area contributed by atoms with E-state index in [-0.39, 0.29) is 34.0 Å². The maximum Gasteiger partial charge on any atom is 0.341 e. The van der Waals surface area contributed by atoms with Crippen molar-refractivity contribution in [3.05, 3.63) is 47.5 Å². The Kier molecular flexibility index (Phi) is 5.10. The van der Waals surface area contributed by atoms with Gasteiger partial charge in [-0.2, -0.15) is 10.2 Å². The Morgan fingerprint density at radius 3 is 1.46 bits per heavy atom. The molecule has 0 aliphatic rings. The number of phenols is 2. The second-order valence-electron chi connectivity index (χ2n) is 4.59. The first-order valence-corrected chi connectivity index (χ1v) is 6.70. The van der Waals surface area contributed by atoms with E-state index in [9.17, 15) is 19.8 Å². The fraction of sp³-hybridized carbons (Fsp3) is 0.125. The lowest BCUT2D eigenvalue weighted by Gasteiger charge is -2.03. The molecule has 0 unspecified atom stereocenters. The summed E-state index contributed by atoms with van der Waals surface area (Å²) in [5, 5.41) is 27.3. The minimum atomic E-state index is -0.667. The Labute approximate surface area is 137 Å². The number of nitrogens with zero attached hydrogens (tertiary/aromatic N) is 2. The van der Waals surface area contributed by atoms with Crippen LogP contribution in [0, 0.1) is 0 Å². The molecule has 0 radical (unpaired) electrons. The molecule has 24 heavy (non-hydrogen) atoms. The fourth-order valence-electron chi connectivity index (χ4n) is 1.85. The van der Waals surface area contributed by atoms with Gasteiger partial charge in [-0.1, -0.05) is 0 Å². The highest BCUT2D eigenvalue weighted by molar-refractivity contribution is 5.93. The fourth-order valence-corrected chi connectivity index (χ4v) is 1.85.